The van der Waals surface area contributed by atoms with Crippen molar-refractivity contribution in [3.63, 3.8) is 0 Å². The summed E-state index contributed by atoms with van der Waals surface area (Å²) in [5.41, 5.74) is 3.59. The van der Waals surface area contributed by atoms with Crippen LogP contribution in [0.3, 0.4) is 0 Å². The second-order valence-electron chi connectivity index (χ2n) is 7.98. The van der Waals surface area contributed by atoms with Crippen molar-refractivity contribution in [2.45, 2.75) is 25.9 Å². The fourth-order valence-corrected chi connectivity index (χ4v) is 4.68. The molecule has 1 aromatic carbocycles. The number of carbonyl (C=O) groups excluding carboxylic acids is 2. The van der Waals surface area contributed by atoms with Gasteiger partial charge >= 0.3 is 6.03 Å². The number of urea groups is 1. The van der Waals surface area contributed by atoms with E-state index >= 15 is 0 Å². The highest BCUT2D eigenvalue weighted by Crippen LogP contribution is 2.43. The summed E-state index contributed by atoms with van der Waals surface area (Å²) in [6.07, 6.45) is 4.72. The van der Waals surface area contributed by atoms with Gasteiger partial charge in [-0.05, 0) is 42.7 Å². The van der Waals surface area contributed by atoms with Crippen LogP contribution in [0.4, 0.5) is 19.3 Å². The topological polar surface area (TPSA) is 65.5 Å². The Morgan fingerprint density at radius 3 is 2.87 bits per heavy atom. The number of halogens is 2. The SMILES string of the molecule is Cc1ncccc1C1=C[C@@H]2C[C@H]1CN2C(=O)CN1Cc2c(ccc(F)c2F)NC1=O. The lowest BCUT2D eigenvalue weighted by atomic mass is 9.94. The van der Waals surface area contributed by atoms with Crippen LogP contribution in [-0.4, -0.2) is 45.9 Å². The Kier molecular flexibility index (Phi) is 4.30. The van der Waals surface area contributed by atoms with Crippen LogP contribution in [0.2, 0.25) is 0 Å². The highest BCUT2D eigenvalue weighted by molar-refractivity contribution is 5.95. The average Bonchev–Trinajstić information content (AvgIpc) is 3.33. The molecule has 5 rings (SSSR count). The molecule has 154 valence electrons. The second-order valence-corrected chi connectivity index (χ2v) is 7.98. The number of nitrogens with one attached hydrogen (secondary N) is 1. The zero-order valence-electron chi connectivity index (χ0n) is 16.4. The first-order chi connectivity index (χ1) is 14.4. The number of amides is 3. The third kappa shape index (κ3) is 2.94. The first kappa shape index (κ1) is 18.7. The molecule has 2 bridgehead atoms. The molecule has 2 aliphatic heterocycles. The maximum atomic E-state index is 14.1. The molecule has 3 heterocycles. The van der Waals surface area contributed by atoms with E-state index in [9.17, 15) is 18.4 Å². The van der Waals surface area contributed by atoms with Gasteiger partial charge in [-0.3, -0.25) is 9.78 Å². The highest BCUT2D eigenvalue weighted by atomic mass is 19.2. The molecule has 1 saturated heterocycles. The van der Waals surface area contributed by atoms with Gasteiger partial charge < -0.3 is 15.1 Å². The number of carbonyl (C=O) groups is 2. The van der Waals surface area contributed by atoms with E-state index in [0.29, 0.717) is 6.54 Å². The Bertz CT molecular complexity index is 1100. The number of hydrogen-bond donors (Lipinski definition) is 1. The van der Waals surface area contributed by atoms with E-state index in [4.69, 9.17) is 0 Å². The van der Waals surface area contributed by atoms with E-state index in [0.717, 1.165) is 23.7 Å². The van der Waals surface area contributed by atoms with Crippen molar-refractivity contribution in [3.05, 3.63) is 65.0 Å². The van der Waals surface area contributed by atoms with Crippen molar-refractivity contribution in [3.8, 4) is 0 Å². The standard InChI is InChI=1S/C22H20F2N4O2/c1-12-15(3-2-6-25-12)16-8-14-7-13(16)9-28(14)20(29)11-27-10-17-19(26-22(27)30)5-4-18(23)21(17)24/h2-6,8,13-14H,7,9-11H2,1H3,(H,26,30)/t13-,14-/m0/s1. The summed E-state index contributed by atoms with van der Waals surface area (Å²) in [6.45, 7) is 2.23. The summed E-state index contributed by atoms with van der Waals surface area (Å²) >= 11 is 0. The molecule has 6 nitrogen and oxygen atoms in total. The lowest BCUT2D eigenvalue weighted by molar-refractivity contribution is -0.132. The van der Waals surface area contributed by atoms with Crippen LogP contribution in [0, 0.1) is 24.5 Å². The number of anilines is 1. The van der Waals surface area contributed by atoms with Gasteiger partial charge in [-0.1, -0.05) is 12.1 Å². The molecule has 1 fully saturated rings. The molecule has 3 amide bonds. The van der Waals surface area contributed by atoms with Crippen LogP contribution in [-0.2, 0) is 11.3 Å². The van der Waals surface area contributed by atoms with Crippen LogP contribution in [0.25, 0.3) is 5.57 Å². The lowest BCUT2D eigenvalue weighted by Crippen LogP contribution is -2.47. The monoisotopic (exact) mass is 410 g/mol. The summed E-state index contributed by atoms with van der Waals surface area (Å²) in [5, 5.41) is 2.53. The van der Waals surface area contributed by atoms with Crippen molar-refractivity contribution >= 4 is 23.2 Å². The van der Waals surface area contributed by atoms with E-state index in [2.05, 4.69) is 16.4 Å². The minimum Gasteiger partial charge on any atom is -0.334 e. The van der Waals surface area contributed by atoms with Crippen LogP contribution in [0.15, 0.2) is 36.5 Å². The van der Waals surface area contributed by atoms with E-state index in [1.165, 1.54) is 16.5 Å². The van der Waals surface area contributed by atoms with Crippen LogP contribution in [0.5, 0.6) is 0 Å². The molecule has 0 radical (unpaired) electrons. The number of aryl methyl sites for hydroxylation is 1. The molecule has 2 atom stereocenters. The molecule has 0 unspecified atom stereocenters. The Morgan fingerprint density at radius 1 is 1.30 bits per heavy atom. The lowest BCUT2D eigenvalue weighted by Gasteiger charge is -2.32. The zero-order valence-corrected chi connectivity index (χ0v) is 16.4. The van der Waals surface area contributed by atoms with Crippen LogP contribution < -0.4 is 5.32 Å². The van der Waals surface area contributed by atoms with Gasteiger partial charge in [0.15, 0.2) is 11.6 Å². The van der Waals surface area contributed by atoms with E-state index < -0.39 is 17.7 Å². The van der Waals surface area contributed by atoms with Crippen molar-refractivity contribution in [2.24, 2.45) is 5.92 Å². The maximum absolute atomic E-state index is 14.1. The van der Waals surface area contributed by atoms with Gasteiger partial charge in [0.05, 0.1) is 18.3 Å². The predicted molar refractivity (Wildman–Crippen MR) is 106 cm³/mol. The first-order valence-electron chi connectivity index (χ1n) is 9.88. The number of pyridine rings is 1. The van der Waals surface area contributed by atoms with Gasteiger partial charge in [-0.15, -0.1) is 0 Å². The summed E-state index contributed by atoms with van der Waals surface area (Å²) in [6, 6.07) is 5.75. The number of aromatic nitrogens is 1. The van der Waals surface area contributed by atoms with Gasteiger partial charge in [-0.25, -0.2) is 13.6 Å². The van der Waals surface area contributed by atoms with E-state index in [1.807, 2.05) is 19.1 Å². The predicted octanol–water partition coefficient (Wildman–Crippen LogP) is 3.33. The molecule has 1 aliphatic carbocycles. The summed E-state index contributed by atoms with van der Waals surface area (Å²) in [7, 11) is 0. The minimum absolute atomic E-state index is 0.0218. The van der Waals surface area contributed by atoms with Gasteiger partial charge in [-0.2, -0.15) is 0 Å². The summed E-state index contributed by atoms with van der Waals surface area (Å²) in [5.74, 6) is -1.93. The molecule has 0 spiro atoms. The largest absolute Gasteiger partial charge is 0.334 e. The number of nitrogens with zero attached hydrogens (tertiary/aromatic N) is 3. The van der Waals surface area contributed by atoms with Crippen molar-refractivity contribution in [1.82, 2.24) is 14.8 Å². The van der Waals surface area contributed by atoms with Gasteiger partial charge in [0.25, 0.3) is 0 Å². The fourth-order valence-electron chi connectivity index (χ4n) is 4.68. The van der Waals surface area contributed by atoms with Crippen molar-refractivity contribution in [1.29, 1.82) is 0 Å². The third-order valence-electron chi connectivity index (χ3n) is 6.19. The van der Waals surface area contributed by atoms with Gasteiger partial charge in [0.1, 0.15) is 6.54 Å². The highest BCUT2D eigenvalue weighted by Gasteiger charge is 2.42. The molecule has 2 aromatic rings. The van der Waals surface area contributed by atoms with E-state index in [-0.39, 0.29) is 42.2 Å². The minimum atomic E-state index is -0.996. The molecule has 3 aliphatic rings. The second kappa shape index (κ2) is 6.90. The summed E-state index contributed by atoms with van der Waals surface area (Å²) < 4.78 is 27.7. The molecule has 30 heavy (non-hydrogen) atoms. The Hall–Kier alpha value is -3.29. The molecule has 0 saturated carbocycles. The van der Waals surface area contributed by atoms with Gasteiger partial charge in [0, 0.05) is 29.9 Å². The zero-order chi connectivity index (χ0) is 21.0. The Labute approximate surface area is 172 Å². The van der Waals surface area contributed by atoms with Crippen LogP contribution >= 0.6 is 0 Å². The summed E-state index contributed by atoms with van der Waals surface area (Å²) in [4.78, 5) is 32.6. The normalized spacial score (nSPS) is 22.1. The first-order valence-corrected chi connectivity index (χ1v) is 9.88. The third-order valence-corrected chi connectivity index (χ3v) is 6.19. The van der Waals surface area contributed by atoms with Crippen molar-refractivity contribution in [2.75, 3.05) is 18.4 Å². The number of benzene rings is 1. The van der Waals surface area contributed by atoms with Crippen LogP contribution in [0.1, 0.15) is 23.2 Å². The van der Waals surface area contributed by atoms with Gasteiger partial charge in [0.2, 0.25) is 5.91 Å². The molecular formula is C22H20F2N4O2. The number of likely N-dealkylation sites (tertiary alicyclic amines) is 1. The maximum Gasteiger partial charge on any atom is 0.322 e. The quantitative estimate of drug-likeness (QED) is 0.844. The molecule has 8 heteroatoms. The Morgan fingerprint density at radius 2 is 2.13 bits per heavy atom. The molecular weight excluding hydrogens is 390 g/mol. The number of rotatable bonds is 3. The number of fused-ring (bicyclic) bond motifs is 3. The smallest absolute Gasteiger partial charge is 0.322 e. The van der Waals surface area contributed by atoms with Crippen molar-refractivity contribution < 1.29 is 18.4 Å². The Balaban J connectivity index is 1.31. The molecule has 1 aromatic heterocycles. The average molecular weight is 410 g/mol. The molecule has 1 N–H and O–H groups in total. The fraction of sp³-hybridized carbons (Fsp3) is 0.318. The van der Waals surface area contributed by atoms with E-state index in [1.54, 1.807) is 11.1 Å². The number of hydrogen-bond acceptors (Lipinski definition) is 3.